The second-order valence-corrected chi connectivity index (χ2v) is 6.97. The third-order valence-corrected chi connectivity index (χ3v) is 5.63. The van der Waals surface area contributed by atoms with Crippen molar-refractivity contribution in [1.82, 2.24) is 0 Å². The van der Waals surface area contributed by atoms with Crippen molar-refractivity contribution < 1.29 is 4.74 Å². The SMILES string of the molecule is C=C(C)COCp1c2ccccc2c2ccccc21. The normalized spacial score (nSPS) is 11.2. The maximum Gasteiger partial charge on any atom is 0.0861 e. The molecule has 1 aromatic heterocycles. The highest BCUT2D eigenvalue weighted by atomic mass is 31.1. The van der Waals surface area contributed by atoms with E-state index in [1.54, 1.807) is 0 Å². The van der Waals surface area contributed by atoms with E-state index in [0.29, 0.717) is 6.61 Å². The second kappa shape index (κ2) is 5.21. The molecule has 0 radical (unpaired) electrons. The molecule has 0 spiro atoms. The van der Waals surface area contributed by atoms with Crippen molar-refractivity contribution in [1.29, 1.82) is 0 Å². The zero-order valence-electron chi connectivity index (χ0n) is 11.1. The van der Waals surface area contributed by atoms with Crippen LogP contribution in [-0.4, -0.2) is 6.61 Å². The number of hydrogen-bond acceptors (Lipinski definition) is 1. The fourth-order valence-electron chi connectivity index (χ4n) is 2.45. The van der Waals surface area contributed by atoms with Gasteiger partial charge in [0.15, 0.2) is 0 Å². The molecule has 0 saturated heterocycles. The molecule has 0 fully saturated rings. The van der Waals surface area contributed by atoms with Gasteiger partial charge in [0.1, 0.15) is 0 Å². The van der Waals surface area contributed by atoms with Crippen LogP contribution in [0.1, 0.15) is 6.92 Å². The van der Waals surface area contributed by atoms with E-state index in [1.165, 1.54) is 21.0 Å². The van der Waals surface area contributed by atoms with Gasteiger partial charge < -0.3 is 4.74 Å². The molecule has 0 saturated carbocycles. The Morgan fingerprint density at radius 3 is 2.05 bits per heavy atom. The quantitative estimate of drug-likeness (QED) is 0.565. The fraction of sp³-hybridized carbons (Fsp3) is 0.176. The van der Waals surface area contributed by atoms with E-state index < -0.39 is 0 Å². The summed E-state index contributed by atoms with van der Waals surface area (Å²) in [5.74, 6) is 0. The Hall–Kier alpha value is -1.56. The lowest BCUT2D eigenvalue weighted by molar-refractivity contribution is 0.172. The van der Waals surface area contributed by atoms with Gasteiger partial charge in [-0.25, -0.2) is 0 Å². The highest BCUT2D eigenvalue weighted by Crippen LogP contribution is 2.49. The molecule has 1 nitrogen and oxygen atoms in total. The van der Waals surface area contributed by atoms with Gasteiger partial charge in [0.05, 0.1) is 13.0 Å². The zero-order valence-corrected chi connectivity index (χ0v) is 12.0. The monoisotopic (exact) mass is 268 g/mol. The molecule has 2 aromatic carbocycles. The summed E-state index contributed by atoms with van der Waals surface area (Å²) in [5.41, 5.74) is 1.08. The van der Waals surface area contributed by atoms with Crippen molar-refractivity contribution in [3.05, 3.63) is 60.7 Å². The molecule has 0 aliphatic carbocycles. The summed E-state index contributed by atoms with van der Waals surface area (Å²) in [6.07, 6.45) is 0.788. The fourth-order valence-corrected chi connectivity index (χ4v) is 4.77. The molecule has 0 amide bonds. The van der Waals surface area contributed by atoms with Crippen molar-refractivity contribution >= 4 is 28.5 Å². The number of hydrogen-bond donors (Lipinski definition) is 0. The van der Waals surface area contributed by atoms with Crippen LogP contribution in [0.4, 0.5) is 0 Å². The Morgan fingerprint density at radius 2 is 1.53 bits per heavy atom. The number of rotatable bonds is 4. The summed E-state index contributed by atoms with van der Waals surface area (Å²) in [5, 5.41) is 5.65. The number of benzene rings is 2. The van der Waals surface area contributed by atoms with Gasteiger partial charge in [-0.2, -0.15) is 0 Å². The first-order valence-corrected chi connectivity index (χ1v) is 7.98. The van der Waals surface area contributed by atoms with Crippen molar-refractivity contribution in [2.24, 2.45) is 0 Å². The molecule has 0 aliphatic heterocycles. The van der Waals surface area contributed by atoms with E-state index >= 15 is 0 Å². The summed E-state index contributed by atoms with van der Waals surface area (Å²) in [4.78, 5) is 0. The molecule has 0 aliphatic rings. The Labute approximate surface area is 114 Å². The molecule has 1 heterocycles. The molecular weight excluding hydrogens is 251 g/mol. The van der Waals surface area contributed by atoms with Crippen LogP contribution in [0.2, 0.25) is 0 Å². The largest absolute Gasteiger partial charge is 0.369 e. The molecule has 0 unspecified atom stereocenters. The lowest BCUT2D eigenvalue weighted by Crippen LogP contribution is -1.90. The van der Waals surface area contributed by atoms with Crippen LogP contribution in [0, 0.1) is 0 Å². The second-order valence-electron chi connectivity index (χ2n) is 4.90. The summed E-state index contributed by atoms with van der Waals surface area (Å²) >= 11 is 0. The van der Waals surface area contributed by atoms with Crippen molar-refractivity contribution in [3.63, 3.8) is 0 Å². The van der Waals surface area contributed by atoms with Crippen LogP contribution in [0.25, 0.3) is 21.0 Å². The van der Waals surface area contributed by atoms with Crippen LogP contribution < -0.4 is 0 Å². The summed E-state index contributed by atoms with van der Waals surface area (Å²) in [6, 6.07) is 17.4. The maximum atomic E-state index is 5.82. The summed E-state index contributed by atoms with van der Waals surface area (Å²) in [6.45, 7) is 6.55. The van der Waals surface area contributed by atoms with Crippen molar-refractivity contribution in [2.45, 2.75) is 13.3 Å². The predicted octanol–water partition coefficient (Wildman–Crippen LogP) is 5.53. The summed E-state index contributed by atoms with van der Waals surface area (Å²) < 4.78 is 5.82. The molecule has 3 rings (SSSR count). The van der Waals surface area contributed by atoms with E-state index in [1.807, 2.05) is 6.92 Å². The smallest absolute Gasteiger partial charge is 0.0861 e. The minimum Gasteiger partial charge on any atom is -0.369 e. The van der Waals surface area contributed by atoms with Crippen LogP contribution in [-0.2, 0) is 11.1 Å². The average Bonchev–Trinajstić information content (AvgIpc) is 2.74. The van der Waals surface area contributed by atoms with Gasteiger partial charge in [-0.15, -0.1) is 0 Å². The van der Waals surface area contributed by atoms with Crippen LogP contribution in [0.5, 0.6) is 0 Å². The van der Waals surface area contributed by atoms with Crippen molar-refractivity contribution in [3.8, 4) is 0 Å². The minimum atomic E-state index is -0.371. The molecule has 0 N–H and O–H groups in total. The Bertz CT molecular complexity index is 686. The molecule has 0 atom stereocenters. The van der Waals surface area contributed by atoms with E-state index in [9.17, 15) is 0 Å². The Kier molecular flexibility index (Phi) is 3.42. The third-order valence-electron chi connectivity index (χ3n) is 3.25. The van der Waals surface area contributed by atoms with Gasteiger partial charge in [0, 0.05) is 10.2 Å². The topological polar surface area (TPSA) is 9.23 Å². The first kappa shape index (κ1) is 12.5. The molecule has 96 valence electrons. The Balaban J connectivity index is 2.11. The lowest BCUT2D eigenvalue weighted by Gasteiger charge is -2.05. The maximum absolute atomic E-state index is 5.82. The Morgan fingerprint density at radius 1 is 1.00 bits per heavy atom. The number of fused-ring (bicyclic) bond motifs is 3. The summed E-state index contributed by atoms with van der Waals surface area (Å²) in [7, 11) is -0.371. The van der Waals surface area contributed by atoms with E-state index in [4.69, 9.17) is 4.74 Å². The minimum absolute atomic E-state index is 0.371. The zero-order chi connectivity index (χ0) is 13.2. The molecular formula is C17H17OP. The van der Waals surface area contributed by atoms with E-state index in [0.717, 1.165) is 11.9 Å². The van der Waals surface area contributed by atoms with Gasteiger partial charge in [-0.05, 0) is 17.7 Å². The highest BCUT2D eigenvalue weighted by molar-refractivity contribution is 7.60. The average molecular weight is 268 g/mol. The van der Waals surface area contributed by atoms with Gasteiger partial charge in [-0.1, -0.05) is 68.2 Å². The predicted molar refractivity (Wildman–Crippen MR) is 84.9 cm³/mol. The van der Waals surface area contributed by atoms with Gasteiger partial charge in [-0.3, -0.25) is 0 Å². The van der Waals surface area contributed by atoms with E-state index in [-0.39, 0.29) is 7.53 Å². The van der Waals surface area contributed by atoms with E-state index in [2.05, 4.69) is 55.1 Å². The van der Waals surface area contributed by atoms with Gasteiger partial charge in [0.25, 0.3) is 0 Å². The standard InChI is InChI=1S/C17H17OP/c1-13(2)11-18-12-19-16-9-5-3-7-14(16)15-8-4-6-10-17(15)19/h3-10H,1,11-12H2,2H3. The highest BCUT2D eigenvalue weighted by Gasteiger charge is 2.10. The molecule has 0 bridgehead atoms. The lowest BCUT2D eigenvalue weighted by atomic mass is 10.2. The van der Waals surface area contributed by atoms with Gasteiger partial charge in [0.2, 0.25) is 0 Å². The molecule has 19 heavy (non-hydrogen) atoms. The molecule has 3 aromatic rings. The molecule has 2 heteroatoms. The first-order chi connectivity index (χ1) is 9.27. The number of ether oxygens (including phenoxy) is 1. The van der Waals surface area contributed by atoms with Crippen LogP contribution in [0.3, 0.4) is 0 Å². The van der Waals surface area contributed by atoms with Crippen LogP contribution in [0.15, 0.2) is 60.7 Å². The third kappa shape index (κ3) is 2.32. The van der Waals surface area contributed by atoms with Crippen LogP contribution >= 0.6 is 7.53 Å². The van der Waals surface area contributed by atoms with Crippen molar-refractivity contribution in [2.75, 3.05) is 6.61 Å². The first-order valence-electron chi connectivity index (χ1n) is 6.45. The van der Waals surface area contributed by atoms with Gasteiger partial charge >= 0.3 is 0 Å².